The monoisotopic (exact) mass is 356 g/mol. The Labute approximate surface area is 144 Å². The molecule has 1 aliphatic heterocycles. The number of carbonyl (C=O) groups is 1. The summed E-state index contributed by atoms with van der Waals surface area (Å²) < 4.78 is 11.9. The van der Waals surface area contributed by atoms with Crippen molar-refractivity contribution >= 4 is 11.8 Å². The van der Waals surface area contributed by atoms with Crippen molar-refractivity contribution in [3.8, 4) is 0 Å². The van der Waals surface area contributed by atoms with Crippen molar-refractivity contribution in [2.75, 3.05) is 12.3 Å². The highest BCUT2D eigenvalue weighted by Crippen LogP contribution is 2.39. The predicted octanol–water partition coefficient (Wildman–Crippen LogP) is -1.64. The molecule has 0 radical (unpaired) electrons. The fourth-order valence-electron chi connectivity index (χ4n) is 2.65. The van der Waals surface area contributed by atoms with Crippen LogP contribution in [0.15, 0.2) is 17.1 Å². The van der Waals surface area contributed by atoms with Crippen LogP contribution in [-0.4, -0.2) is 56.2 Å². The van der Waals surface area contributed by atoms with E-state index in [1.165, 1.54) is 19.2 Å². The molecule has 1 fully saturated rings. The summed E-state index contributed by atoms with van der Waals surface area (Å²) in [6, 6.07) is 0.470. The van der Waals surface area contributed by atoms with Gasteiger partial charge in [-0.05, 0) is 18.9 Å². The van der Waals surface area contributed by atoms with Crippen LogP contribution in [-0.2, 0) is 14.3 Å². The van der Waals surface area contributed by atoms with Gasteiger partial charge in [0.25, 0.3) is 0 Å². The van der Waals surface area contributed by atoms with E-state index in [9.17, 15) is 19.8 Å². The highest BCUT2D eigenvalue weighted by molar-refractivity contribution is 5.76. The first-order valence-electron chi connectivity index (χ1n) is 7.89. The summed E-state index contributed by atoms with van der Waals surface area (Å²) in [5, 5.41) is 20.4. The standard InChI is InChI=1S/C15H24N4O6/c1-7(2)10(17)12(21)25-11-8(6-20)24-13(15(11,3)23)19-5-4-9(16)18-14(19)22/h4-5,7-8,10-11,13,20,23H,6,17H2,1-3H3,(H2,16,18,22)/t8-,10+,11?,13-,15?/m1/s1. The molecular formula is C15H24N4O6. The molecule has 1 aliphatic rings. The largest absolute Gasteiger partial charge is 0.455 e. The molecule has 6 N–H and O–H groups in total. The normalized spacial score (nSPS) is 30.4. The van der Waals surface area contributed by atoms with Crippen LogP contribution in [0.1, 0.15) is 27.0 Å². The van der Waals surface area contributed by atoms with Crippen molar-refractivity contribution in [3.63, 3.8) is 0 Å². The molecule has 0 bridgehead atoms. The minimum atomic E-state index is -1.80. The fraction of sp³-hybridized carbons (Fsp3) is 0.667. The lowest BCUT2D eigenvalue weighted by Crippen LogP contribution is -2.51. The minimum Gasteiger partial charge on any atom is -0.455 e. The maximum Gasteiger partial charge on any atom is 0.351 e. The third-order valence-corrected chi connectivity index (χ3v) is 4.23. The van der Waals surface area contributed by atoms with Gasteiger partial charge < -0.3 is 31.2 Å². The molecule has 25 heavy (non-hydrogen) atoms. The molecule has 0 aromatic carbocycles. The van der Waals surface area contributed by atoms with Gasteiger partial charge in [0.1, 0.15) is 23.6 Å². The van der Waals surface area contributed by atoms with E-state index in [-0.39, 0.29) is 11.7 Å². The van der Waals surface area contributed by atoms with Crippen LogP contribution in [0.2, 0.25) is 0 Å². The van der Waals surface area contributed by atoms with E-state index >= 15 is 0 Å². The SMILES string of the molecule is CC(C)[C@H](N)C(=O)OC1[C@@H](CO)O[C@@H](n2ccc(N)nc2=O)C1(C)O. The molecule has 140 valence electrons. The molecule has 2 unspecified atom stereocenters. The van der Waals surface area contributed by atoms with E-state index in [4.69, 9.17) is 20.9 Å². The lowest BCUT2D eigenvalue weighted by atomic mass is 9.95. The number of ether oxygens (including phenoxy) is 2. The summed E-state index contributed by atoms with van der Waals surface area (Å²) in [6.07, 6.45) is -2.17. The Hall–Kier alpha value is -2.01. The van der Waals surface area contributed by atoms with Gasteiger partial charge in [-0.15, -0.1) is 0 Å². The number of anilines is 1. The van der Waals surface area contributed by atoms with Gasteiger partial charge in [0.05, 0.1) is 6.61 Å². The number of nitrogens with two attached hydrogens (primary N) is 2. The molecule has 10 heteroatoms. The Morgan fingerprint density at radius 3 is 2.72 bits per heavy atom. The van der Waals surface area contributed by atoms with Crippen molar-refractivity contribution in [3.05, 3.63) is 22.7 Å². The molecule has 1 aromatic heterocycles. The van der Waals surface area contributed by atoms with Crippen LogP contribution in [0.4, 0.5) is 5.82 Å². The van der Waals surface area contributed by atoms with Gasteiger partial charge in [0.2, 0.25) is 0 Å². The number of nitrogen functional groups attached to an aromatic ring is 1. The number of aliphatic hydroxyl groups excluding tert-OH is 1. The first kappa shape index (κ1) is 19.3. The molecular weight excluding hydrogens is 332 g/mol. The number of aromatic nitrogens is 2. The Bertz CT molecular complexity index is 689. The first-order chi connectivity index (χ1) is 11.6. The third-order valence-electron chi connectivity index (χ3n) is 4.23. The van der Waals surface area contributed by atoms with Crippen LogP contribution < -0.4 is 17.2 Å². The maximum absolute atomic E-state index is 12.2. The van der Waals surface area contributed by atoms with E-state index in [2.05, 4.69) is 4.98 Å². The zero-order chi connectivity index (χ0) is 18.9. The number of nitrogens with zero attached hydrogens (tertiary/aromatic N) is 2. The van der Waals surface area contributed by atoms with Crippen molar-refractivity contribution in [2.24, 2.45) is 11.7 Å². The first-order valence-corrected chi connectivity index (χ1v) is 7.89. The van der Waals surface area contributed by atoms with E-state index < -0.39 is 48.3 Å². The van der Waals surface area contributed by atoms with Gasteiger partial charge in [-0.2, -0.15) is 4.98 Å². The van der Waals surface area contributed by atoms with Gasteiger partial charge in [0, 0.05) is 6.20 Å². The second kappa shape index (κ2) is 7.08. The summed E-state index contributed by atoms with van der Waals surface area (Å²) in [5.74, 6) is -0.888. The average Bonchev–Trinajstić information content (AvgIpc) is 2.77. The molecule has 5 atom stereocenters. The molecule has 0 saturated carbocycles. The molecule has 1 saturated heterocycles. The van der Waals surface area contributed by atoms with Crippen LogP contribution in [0.25, 0.3) is 0 Å². The van der Waals surface area contributed by atoms with Gasteiger partial charge in [0.15, 0.2) is 12.3 Å². The van der Waals surface area contributed by atoms with Gasteiger partial charge in [-0.1, -0.05) is 13.8 Å². The zero-order valence-corrected chi connectivity index (χ0v) is 14.3. The number of hydrogen-bond acceptors (Lipinski definition) is 9. The van der Waals surface area contributed by atoms with E-state index in [1.54, 1.807) is 13.8 Å². The number of carbonyl (C=O) groups excluding carboxylic acids is 1. The Morgan fingerprint density at radius 1 is 1.56 bits per heavy atom. The predicted molar refractivity (Wildman–Crippen MR) is 87.2 cm³/mol. The highest BCUT2D eigenvalue weighted by atomic mass is 16.6. The van der Waals surface area contributed by atoms with E-state index in [0.29, 0.717) is 0 Å². The fourth-order valence-corrected chi connectivity index (χ4v) is 2.65. The molecule has 0 spiro atoms. The van der Waals surface area contributed by atoms with Crippen LogP contribution in [0.5, 0.6) is 0 Å². The number of esters is 1. The number of rotatable bonds is 5. The average molecular weight is 356 g/mol. The lowest BCUT2D eigenvalue weighted by Gasteiger charge is -2.30. The van der Waals surface area contributed by atoms with Gasteiger partial charge in [-0.3, -0.25) is 9.36 Å². The lowest BCUT2D eigenvalue weighted by molar-refractivity contribution is -0.166. The summed E-state index contributed by atoms with van der Waals surface area (Å²) in [4.78, 5) is 27.8. The molecule has 0 amide bonds. The molecule has 0 aliphatic carbocycles. The highest BCUT2D eigenvalue weighted by Gasteiger charge is 2.56. The van der Waals surface area contributed by atoms with Crippen LogP contribution in [0, 0.1) is 5.92 Å². The number of aliphatic hydroxyl groups is 2. The third kappa shape index (κ3) is 3.66. The molecule has 2 heterocycles. The van der Waals surface area contributed by atoms with Gasteiger partial charge in [-0.25, -0.2) is 4.79 Å². The molecule has 1 aromatic rings. The smallest absolute Gasteiger partial charge is 0.351 e. The van der Waals surface area contributed by atoms with E-state index in [0.717, 1.165) is 4.57 Å². The van der Waals surface area contributed by atoms with Crippen molar-refractivity contribution in [1.29, 1.82) is 0 Å². The molecule has 2 rings (SSSR count). The maximum atomic E-state index is 12.2. The second-order valence-corrected chi connectivity index (χ2v) is 6.60. The Morgan fingerprint density at radius 2 is 2.20 bits per heavy atom. The Balaban J connectivity index is 2.32. The topological polar surface area (TPSA) is 163 Å². The van der Waals surface area contributed by atoms with Crippen LogP contribution in [0.3, 0.4) is 0 Å². The zero-order valence-electron chi connectivity index (χ0n) is 14.3. The molecule has 10 nitrogen and oxygen atoms in total. The summed E-state index contributed by atoms with van der Waals surface area (Å²) in [5.41, 5.74) is 8.67. The van der Waals surface area contributed by atoms with Crippen molar-refractivity contribution < 1.29 is 24.5 Å². The van der Waals surface area contributed by atoms with Crippen LogP contribution >= 0.6 is 0 Å². The summed E-state index contributed by atoms with van der Waals surface area (Å²) in [6.45, 7) is 4.32. The van der Waals surface area contributed by atoms with Crippen molar-refractivity contribution in [2.45, 2.75) is 50.8 Å². The summed E-state index contributed by atoms with van der Waals surface area (Å²) in [7, 11) is 0. The van der Waals surface area contributed by atoms with Crippen molar-refractivity contribution in [1.82, 2.24) is 9.55 Å². The number of hydrogen-bond donors (Lipinski definition) is 4. The quantitative estimate of drug-likeness (QED) is 0.453. The second-order valence-electron chi connectivity index (χ2n) is 6.60. The summed E-state index contributed by atoms with van der Waals surface area (Å²) >= 11 is 0. The Kier molecular flexibility index (Phi) is 5.47. The van der Waals surface area contributed by atoms with Gasteiger partial charge >= 0.3 is 11.7 Å². The minimum absolute atomic E-state index is 0.0171. The van der Waals surface area contributed by atoms with E-state index in [1.807, 2.05) is 0 Å².